The van der Waals surface area contributed by atoms with Gasteiger partial charge in [-0.1, -0.05) is 0 Å². The molecule has 0 bridgehead atoms. The van der Waals surface area contributed by atoms with E-state index in [0.29, 0.717) is 0 Å². The Balaban J connectivity index is 1.73. The quantitative estimate of drug-likeness (QED) is 0.851. The van der Waals surface area contributed by atoms with Gasteiger partial charge in [0.15, 0.2) is 0 Å². The maximum atomic E-state index is 12.6. The number of benzene rings is 1. The van der Waals surface area contributed by atoms with Gasteiger partial charge in [-0.05, 0) is 56.8 Å². The molecule has 1 aromatic heterocycles. The van der Waals surface area contributed by atoms with Crippen molar-refractivity contribution in [2.45, 2.75) is 13.3 Å². The molecule has 1 fully saturated rings. The van der Waals surface area contributed by atoms with E-state index in [-0.39, 0.29) is 5.91 Å². The molecule has 3 rings (SSSR count). The molecule has 1 aliphatic heterocycles. The fraction of sp³-hybridized carbons (Fsp3) is 0.412. The molecule has 2 aromatic rings. The summed E-state index contributed by atoms with van der Waals surface area (Å²) in [6, 6.07) is 7.68. The third-order valence-electron chi connectivity index (χ3n) is 4.10. The zero-order chi connectivity index (χ0) is 15.5. The van der Waals surface area contributed by atoms with Crippen molar-refractivity contribution in [2.75, 3.05) is 33.2 Å². The van der Waals surface area contributed by atoms with Gasteiger partial charge in [-0.3, -0.25) is 4.79 Å². The first-order chi connectivity index (χ1) is 10.6. The second-order valence-electron chi connectivity index (χ2n) is 5.96. The smallest absolute Gasteiger partial charge is 0.253 e. The van der Waals surface area contributed by atoms with Crippen molar-refractivity contribution in [1.29, 1.82) is 0 Å². The van der Waals surface area contributed by atoms with Crippen LogP contribution in [0.25, 0.3) is 5.69 Å². The maximum absolute atomic E-state index is 12.6. The minimum absolute atomic E-state index is 0.124. The number of hydrogen-bond acceptors (Lipinski definition) is 3. The highest BCUT2D eigenvalue weighted by Gasteiger charge is 2.18. The molecule has 0 spiro atoms. The number of hydrogen-bond donors (Lipinski definition) is 0. The van der Waals surface area contributed by atoms with E-state index in [1.165, 1.54) is 0 Å². The average molecular weight is 298 g/mol. The zero-order valence-corrected chi connectivity index (χ0v) is 13.2. The van der Waals surface area contributed by atoms with Gasteiger partial charge in [0.25, 0.3) is 5.91 Å². The summed E-state index contributed by atoms with van der Waals surface area (Å²) in [5.41, 5.74) is 2.84. The molecular formula is C17H22N4O. The van der Waals surface area contributed by atoms with Gasteiger partial charge in [-0.15, -0.1) is 0 Å². The Kier molecular flexibility index (Phi) is 4.24. The third-order valence-corrected chi connectivity index (χ3v) is 4.10. The fourth-order valence-electron chi connectivity index (χ4n) is 2.74. The molecule has 0 aliphatic carbocycles. The van der Waals surface area contributed by atoms with Crippen molar-refractivity contribution >= 4 is 5.91 Å². The van der Waals surface area contributed by atoms with E-state index >= 15 is 0 Å². The van der Waals surface area contributed by atoms with Gasteiger partial charge in [0, 0.05) is 31.4 Å². The lowest BCUT2D eigenvalue weighted by atomic mass is 10.1. The predicted molar refractivity (Wildman–Crippen MR) is 86.3 cm³/mol. The van der Waals surface area contributed by atoms with E-state index in [1.54, 1.807) is 0 Å². The van der Waals surface area contributed by atoms with Crippen LogP contribution in [0.3, 0.4) is 0 Å². The van der Waals surface area contributed by atoms with Crippen LogP contribution < -0.4 is 0 Å². The Morgan fingerprint density at radius 1 is 1.09 bits per heavy atom. The molecule has 5 heteroatoms. The Hall–Kier alpha value is -2.14. The van der Waals surface area contributed by atoms with E-state index in [4.69, 9.17) is 0 Å². The van der Waals surface area contributed by atoms with E-state index in [0.717, 1.165) is 49.4 Å². The van der Waals surface area contributed by atoms with Crippen LogP contribution in [0, 0.1) is 6.92 Å². The molecular weight excluding hydrogens is 276 g/mol. The number of aryl methyl sites for hydroxylation is 1. The van der Waals surface area contributed by atoms with Crippen LogP contribution in [0.5, 0.6) is 0 Å². The molecule has 0 unspecified atom stereocenters. The lowest BCUT2D eigenvalue weighted by Gasteiger charge is -2.20. The molecule has 116 valence electrons. The second-order valence-corrected chi connectivity index (χ2v) is 5.96. The van der Waals surface area contributed by atoms with Crippen molar-refractivity contribution in [3.8, 4) is 5.69 Å². The van der Waals surface area contributed by atoms with Gasteiger partial charge in [0.1, 0.15) is 0 Å². The summed E-state index contributed by atoms with van der Waals surface area (Å²) >= 11 is 0. The molecule has 22 heavy (non-hydrogen) atoms. The molecule has 5 nitrogen and oxygen atoms in total. The largest absolute Gasteiger partial charge is 0.337 e. The highest BCUT2D eigenvalue weighted by Crippen LogP contribution is 2.13. The van der Waals surface area contributed by atoms with Crippen LogP contribution in [-0.2, 0) is 0 Å². The Morgan fingerprint density at radius 3 is 2.55 bits per heavy atom. The minimum atomic E-state index is 0.124. The van der Waals surface area contributed by atoms with Crippen molar-refractivity contribution in [2.24, 2.45) is 0 Å². The van der Waals surface area contributed by atoms with E-state index in [2.05, 4.69) is 17.0 Å². The molecule has 0 radical (unpaired) electrons. The number of rotatable bonds is 2. The molecule has 0 saturated carbocycles. The molecule has 1 aromatic carbocycles. The van der Waals surface area contributed by atoms with Gasteiger partial charge in [-0.25, -0.2) is 4.68 Å². The average Bonchev–Trinajstić information content (AvgIpc) is 2.84. The Morgan fingerprint density at radius 2 is 1.86 bits per heavy atom. The normalized spacial score (nSPS) is 16.5. The molecule has 0 N–H and O–H groups in total. The summed E-state index contributed by atoms with van der Waals surface area (Å²) in [5, 5.41) is 4.29. The molecule has 0 atom stereocenters. The van der Waals surface area contributed by atoms with Crippen molar-refractivity contribution < 1.29 is 4.79 Å². The summed E-state index contributed by atoms with van der Waals surface area (Å²) in [5.74, 6) is 0.124. The summed E-state index contributed by atoms with van der Waals surface area (Å²) in [6.07, 6.45) is 4.83. The number of nitrogens with zero attached hydrogens (tertiary/aromatic N) is 4. The number of carbonyl (C=O) groups excluding carboxylic acids is 1. The van der Waals surface area contributed by atoms with Gasteiger partial charge in [-0.2, -0.15) is 5.10 Å². The monoisotopic (exact) mass is 298 g/mol. The van der Waals surface area contributed by atoms with Crippen LogP contribution >= 0.6 is 0 Å². The first-order valence-corrected chi connectivity index (χ1v) is 7.73. The van der Waals surface area contributed by atoms with Crippen LogP contribution in [0.2, 0.25) is 0 Å². The SMILES string of the molecule is Cc1cnn(-c2ccc(C(=O)N3CCCN(C)CC3)cc2)c1. The van der Waals surface area contributed by atoms with Crippen LogP contribution in [0.4, 0.5) is 0 Å². The van der Waals surface area contributed by atoms with Crippen molar-refractivity contribution in [3.63, 3.8) is 0 Å². The van der Waals surface area contributed by atoms with Gasteiger partial charge in [0.2, 0.25) is 0 Å². The van der Waals surface area contributed by atoms with Crippen molar-refractivity contribution in [1.82, 2.24) is 19.6 Å². The Labute approximate surface area is 131 Å². The standard InChI is InChI=1S/C17H22N4O/c1-14-12-18-21(13-14)16-6-4-15(5-7-16)17(22)20-9-3-8-19(2)10-11-20/h4-7,12-13H,3,8-11H2,1-2H3. The maximum Gasteiger partial charge on any atom is 0.253 e. The molecule has 2 heterocycles. The topological polar surface area (TPSA) is 41.4 Å². The number of carbonyl (C=O) groups is 1. The summed E-state index contributed by atoms with van der Waals surface area (Å²) < 4.78 is 1.82. The number of amides is 1. The van der Waals surface area contributed by atoms with Crippen LogP contribution in [0.15, 0.2) is 36.7 Å². The third kappa shape index (κ3) is 3.20. The number of aromatic nitrogens is 2. The second kappa shape index (κ2) is 6.32. The summed E-state index contributed by atoms with van der Waals surface area (Å²) in [6.45, 7) is 5.65. The predicted octanol–water partition coefficient (Wildman–Crippen LogP) is 1.96. The van der Waals surface area contributed by atoms with Crippen molar-refractivity contribution in [3.05, 3.63) is 47.8 Å². The van der Waals surface area contributed by atoms with E-state index in [1.807, 2.05) is 53.2 Å². The first kappa shape index (κ1) is 14.8. The summed E-state index contributed by atoms with van der Waals surface area (Å²) in [7, 11) is 2.11. The van der Waals surface area contributed by atoms with Gasteiger partial charge >= 0.3 is 0 Å². The molecule has 1 aliphatic rings. The zero-order valence-electron chi connectivity index (χ0n) is 13.2. The van der Waals surface area contributed by atoms with Crippen LogP contribution in [-0.4, -0.2) is 58.7 Å². The van der Waals surface area contributed by atoms with E-state index < -0.39 is 0 Å². The lowest BCUT2D eigenvalue weighted by molar-refractivity contribution is 0.0763. The van der Waals surface area contributed by atoms with Gasteiger partial charge in [0.05, 0.1) is 11.9 Å². The fourth-order valence-corrected chi connectivity index (χ4v) is 2.74. The molecule has 1 saturated heterocycles. The Bertz CT molecular complexity index is 647. The van der Waals surface area contributed by atoms with Gasteiger partial charge < -0.3 is 9.80 Å². The number of likely N-dealkylation sites (N-methyl/N-ethyl adjacent to an activating group) is 1. The summed E-state index contributed by atoms with van der Waals surface area (Å²) in [4.78, 5) is 16.8. The minimum Gasteiger partial charge on any atom is -0.337 e. The lowest BCUT2D eigenvalue weighted by Crippen LogP contribution is -2.34. The first-order valence-electron chi connectivity index (χ1n) is 7.73. The highest BCUT2D eigenvalue weighted by atomic mass is 16.2. The molecule has 1 amide bonds. The van der Waals surface area contributed by atoms with Crippen LogP contribution in [0.1, 0.15) is 22.3 Å². The van der Waals surface area contributed by atoms with E-state index in [9.17, 15) is 4.79 Å². The highest BCUT2D eigenvalue weighted by molar-refractivity contribution is 5.94.